The number of benzene rings is 2. The van der Waals surface area contributed by atoms with Crippen molar-refractivity contribution < 1.29 is 14.3 Å². The monoisotopic (exact) mass is 458 g/mol. The van der Waals surface area contributed by atoms with Crippen molar-refractivity contribution in [2.75, 3.05) is 20.0 Å². The van der Waals surface area contributed by atoms with Gasteiger partial charge in [0.25, 0.3) is 5.91 Å². The summed E-state index contributed by atoms with van der Waals surface area (Å²) in [5, 5.41) is 7.69. The number of nitrogen functional groups attached to an aromatic ring is 1. The number of anilines is 1. The van der Waals surface area contributed by atoms with Gasteiger partial charge < -0.3 is 20.5 Å². The average Bonchev–Trinajstić information content (AvgIpc) is 3.46. The molecular weight excluding hydrogens is 432 g/mol. The molecular formula is C25H26N6O3. The minimum atomic E-state index is -0.258. The number of aromatic nitrogens is 3. The average molecular weight is 459 g/mol. The molecule has 34 heavy (non-hydrogen) atoms. The summed E-state index contributed by atoms with van der Waals surface area (Å²) < 4.78 is 12.3. The van der Waals surface area contributed by atoms with Crippen molar-refractivity contribution >= 4 is 40.1 Å². The molecule has 2 heterocycles. The number of nitrogens with two attached hydrogens (primary N) is 1. The van der Waals surface area contributed by atoms with E-state index in [0.717, 1.165) is 25.7 Å². The van der Waals surface area contributed by atoms with Gasteiger partial charge in [0.1, 0.15) is 16.9 Å². The lowest BCUT2D eigenvalue weighted by atomic mass is 10.2. The van der Waals surface area contributed by atoms with Crippen LogP contribution in [0.2, 0.25) is 0 Å². The molecule has 1 saturated carbocycles. The van der Waals surface area contributed by atoms with E-state index in [0.29, 0.717) is 39.3 Å². The second-order valence-electron chi connectivity index (χ2n) is 8.24. The molecule has 0 aliphatic heterocycles. The largest absolute Gasteiger partial charge is 0.493 e. The van der Waals surface area contributed by atoms with Gasteiger partial charge in [-0.25, -0.2) is 9.97 Å². The molecule has 9 heteroatoms. The van der Waals surface area contributed by atoms with E-state index in [1.165, 1.54) is 4.68 Å². The molecule has 1 aliphatic carbocycles. The van der Waals surface area contributed by atoms with Gasteiger partial charge in [0.05, 0.1) is 31.5 Å². The third-order valence-corrected chi connectivity index (χ3v) is 6.14. The SMILES string of the molecule is COc1cccc(C=Nn2c(N)c(C(=O)NC3CCCC3)c3nc4ccccc4nc32)c1OC. The molecule has 1 fully saturated rings. The van der Waals surface area contributed by atoms with Crippen LogP contribution in [0.4, 0.5) is 5.82 Å². The third-order valence-electron chi connectivity index (χ3n) is 6.14. The van der Waals surface area contributed by atoms with Crippen molar-refractivity contribution in [3.05, 3.63) is 53.6 Å². The number of amides is 1. The molecule has 9 nitrogen and oxygen atoms in total. The third kappa shape index (κ3) is 3.79. The minimum Gasteiger partial charge on any atom is -0.493 e. The first-order valence-electron chi connectivity index (χ1n) is 11.2. The van der Waals surface area contributed by atoms with E-state index in [2.05, 4.69) is 10.4 Å². The van der Waals surface area contributed by atoms with E-state index in [1.807, 2.05) is 36.4 Å². The highest BCUT2D eigenvalue weighted by atomic mass is 16.5. The number of fused-ring (bicyclic) bond motifs is 2. The number of hydrogen-bond acceptors (Lipinski definition) is 7. The summed E-state index contributed by atoms with van der Waals surface area (Å²) in [4.78, 5) is 22.7. The maximum Gasteiger partial charge on any atom is 0.257 e. The maximum absolute atomic E-state index is 13.3. The highest BCUT2D eigenvalue weighted by Crippen LogP contribution is 2.31. The minimum absolute atomic E-state index is 0.142. The molecule has 174 valence electrons. The lowest BCUT2D eigenvalue weighted by Gasteiger charge is -2.11. The van der Waals surface area contributed by atoms with Crippen molar-refractivity contribution in [2.45, 2.75) is 31.7 Å². The quantitative estimate of drug-likeness (QED) is 0.425. The number of methoxy groups -OCH3 is 2. The van der Waals surface area contributed by atoms with Gasteiger partial charge in [0.2, 0.25) is 0 Å². The standard InChI is InChI=1S/C25H26N6O3/c1-33-19-13-7-8-15(22(19)34-2)14-27-31-23(26)20(25(32)28-16-9-3-4-10-16)21-24(31)30-18-12-6-5-11-17(18)29-21/h5-8,11-14,16H,3-4,9-10,26H2,1-2H3,(H,28,32). The summed E-state index contributed by atoms with van der Waals surface area (Å²) in [6, 6.07) is 13.1. The molecule has 4 aromatic rings. The fourth-order valence-electron chi connectivity index (χ4n) is 4.45. The van der Waals surface area contributed by atoms with Gasteiger partial charge in [0, 0.05) is 11.6 Å². The maximum atomic E-state index is 13.3. The fraction of sp³-hybridized carbons (Fsp3) is 0.280. The second-order valence-corrected chi connectivity index (χ2v) is 8.24. The number of carbonyl (C=O) groups is 1. The summed E-state index contributed by atoms with van der Waals surface area (Å²) in [5.41, 5.74) is 9.67. The van der Waals surface area contributed by atoms with Gasteiger partial charge in [-0.3, -0.25) is 4.79 Å². The smallest absolute Gasteiger partial charge is 0.257 e. The predicted octanol–water partition coefficient (Wildman–Crippen LogP) is 3.74. The summed E-state index contributed by atoms with van der Waals surface area (Å²) >= 11 is 0. The van der Waals surface area contributed by atoms with Gasteiger partial charge in [-0.2, -0.15) is 9.78 Å². The van der Waals surface area contributed by atoms with Crippen molar-refractivity contribution in [2.24, 2.45) is 5.10 Å². The van der Waals surface area contributed by atoms with Crippen molar-refractivity contribution in [1.82, 2.24) is 20.0 Å². The van der Waals surface area contributed by atoms with E-state index < -0.39 is 0 Å². The number of nitrogens with one attached hydrogen (secondary N) is 1. The number of para-hydroxylation sites is 3. The molecule has 5 rings (SSSR count). The van der Waals surface area contributed by atoms with Crippen LogP contribution in [0.25, 0.3) is 22.2 Å². The molecule has 2 aromatic carbocycles. The first-order chi connectivity index (χ1) is 16.6. The van der Waals surface area contributed by atoms with Crippen LogP contribution < -0.4 is 20.5 Å². The van der Waals surface area contributed by atoms with Gasteiger partial charge >= 0.3 is 0 Å². The number of nitrogens with zero attached hydrogens (tertiary/aromatic N) is 4. The Morgan fingerprint density at radius 3 is 2.53 bits per heavy atom. The topological polar surface area (TPSA) is 117 Å². The number of rotatable bonds is 6. The second kappa shape index (κ2) is 9.01. The molecule has 1 aliphatic rings. The van der Waals surface area contributed by atoms with Crippen molar-refractivity contribution in [3.63, 3.8) is 0 Å². The highest BCUT2D eigenvalue weighted by molar-refractivity contribution is 6.10. The summed E-state index contributed by atoms with van der Waals surface area (Å²) in [5.74, 6) is 1.05. The fourth-order valence-corrected chi connectivity index (χ4v) is 4.45. The molecule has 2 aromatic heterocycles. The number of hydrogen-bond donors (Lipinski definition) is 2. The molecule has 3 N–H and O–H groups in total. The summed E-state index contributed by atoms with van der Waals surface area (Å²) in [6.45, 7) is 0. The summed E-state index contributed by atoms with van der Waals surface area (Å²) in [6.07, 6.45) is 5.75. The number of ether oxygens (including phenoxy) is 2. The molecule has 0 atom stereocenters. The van der Waals surface area contributed by atoms with Crippen LogP contribution >= 0.6 is 0 Å². The zero-order valence-corrected chi connectivity index (χ0v) is 19.1. The Bertz CT molecular complexity index is 1410. The van der Waals surface area contributed by atoms with Crippen LogP contribution in [-0.2, 0) is 0 Å². The Balaban J connectivity index is 1.65. The first-order valence-corrected chi connectivity index (χ1v) is 11.2. The van der Waals surface area contributed by atoms with E-state index >= 15 is 0 Å². The molecule has 0 saturated heterocycles. The van der Waals surface area contributed by atoms with Crippen LogP contribution in [-0.4, -0.2) is 47.0 Å². The Hall–Kier alpha value is -4.14. The van der Waals surface area contributed by atoms with E-state index in [9.17, 15) is 4.79 Å². The Morgan fingerprint density at radius 2 is 1.82 bits per heavy atom. The zero-order chi connectivity index (χ0) is 23.7. The predicted molar refractivity (Wildman–Crippen MR) is 132 cm³/mol. The van der Waals surface area contributed by atoms with Gasteiger partial charge in [-0.05, 0) is 37.1 Å². The van der Waals surface area contributed by atoms with Crippen LogP contribution in [0, 0.1) is 0 Å². The first kappa shape index (κ1) is 21.7. The van der Waals surface area contributed by atoms with Crippen molar-refractivity contribution in [3.8, 4) is 11.5 Å². The Kier molecular flexibility index (Phi) is 5.75. The van der Waals surface area contributed by atoms with E-state index in [1.54, 1.807) is 26.5 Å². The van der Waals surface area contributed by atoms with Crippen LogP contribution in [0.1, 0.15) is 41.6 Å². The lowest BCUT2D eigenvalue weighted by Crippen LogP contribution is -2.33. The Morgan fingerprint density at radius 1 is 1.09 bits per heavy atom. The lowest BCUT2D eigenvalue weighted by molar-refractivity contribution is 0.0940. The molecule has 0 bridgehead atoms. The van der Waals surface area contributed by atoms with E-state index in [-0.39, 0.29) is 23.3 Å². The normalized spacial score (nSPS) is 14.3. The highest BCUT2D eigenvalue weighted by Gasteiger charge is 2.26. The molecule has 1 amide bonds. The van der Waals surface area contributed by atoms with Crippen LogP contribution in [0.15, 0.2) is 47.6 Å². The zero-order valence-electron chi connectivity index (χ0n) is 19.1. The molecule has 0 radical (unpaired) electrons. The van der Waals surface area contributed by atoms with Gasteiger partial charge in [0.15, 0.2) is 17.1 Å². The molecule has 0 unspecified atom stereocenters. The Labute approximate surface area is 196 Å². The van der Waals surface area contributed by atoms with E-state index in [4.69, 9.17) is 25.2 Å². The number of carbonyl (C=O) groups excluding carboxylic acids is 1. The van der Waals surface area contributed by atoms with Gasteiger partial charge in [-0.1, -0.05) is 31.0 Å². The van der Waals surface area contributed by atoms with Crippen LogP contribution in [0.3, 0.4) is 0 Å². The molecule has 0 spiro atoms. The van der Waals surface area contributed by atoms with Crippen LogP contribution in [0.5, 0.6) is 11.5 Å². The summed E-state index contributed by atoms with van der Waals surface area (Å²) in [7, 11) is 3.14. The van der Waals surface area contributed by atoms with Crippen molar-refractivity contribution in [1.29, 1.82) is 0 Å². The van der Waals surface area contributed by atoms with Gasteiger partial charge in [-0.15, -0.1) is 0 Å².